The molecular weight excluding hydrogens is 302 g/mol. The molecule has 0 saturated carbocycles. The lowest BCUT2D eigenvalue weighted by Crippen LogP contribution is -2.13. The van der Waals surface area contributed by atoms with E-state index in [1.807, 2.05) is 0 Å². The largest absolute Gasteiger partial charge is 0.323 e. The van der Waals surface area contributed by atoms with Gasteiger partial charge in [-0.05, 0) is 37.0 Å². The summed E-state index contributed by atoms with van der Waals surface area (Å²) in [4.78, 5) is 4.80. The third-order valence-electron chi connectivity index (χ3n) is 3.46. The number of fused-ring (bicyclic) bond motifs is 1. The zero-order chi connectivity index (χ0) is 14.2. The molecule has 1 aromatic carbocycles. The molecule has 0 radical (unpaired) electrons. The normalized spacial score (nSPS) is 11.3. The second-order valence-electron chi connectivity index (χ2n) is 5.10. The van der Waals surface area contributed by atoms with Gasteiger partial charge in [0.1, 0.15) is 0 Å². The Hall–Kier alpha value is -1.13. The standard InChI is InChI=1S/C15H20BrN3/c1-5-10-6-11(16)7-12-14(10)18-9(4)13(8(2)3)15(12)19-17/h6-8H,5,17H2,1-4H3,(H,18,19). The van der Waals surface area contributed by atoms with Crippen LogP contribution in [0.2, 0.25) is 0 Å². The van der Waals surface area contributed by atoms with Gasteiger partial charge in [-0.1, -0.05) is 36.7 Å². The zero-order valence-corrected chi connectivity index (χ0v) is 13.4. The Morgan fingerprint density at radius 1 is 1.37 bits per heavy atom. The maximum Gasteiger partial charge on any atom is 0.0759 e. The van der Waals surface area contributed by atoms with Gasteiger partial charge in [-0.25, -0.2) is 0 Å². The molecule has 0 bridgehead atoms. The summed E-state index contributed by atoms with van der Waals surface area (Å²) in [6.45, 7) is 8.52. The molecule has 4 heteroatoms. The van der Waals surface area contributed by atoms with Crippen LogP contribution >= 0.6 is 15.9 Å². The Morgan fingerprint density at radius 3 is 2.58 bits per heavy atom. The van der Waals surface area contributed by atoms with Crippen LogP contribution in [0.4, 0.5) is 5.69 Å². The average molecular weight is 322 g/mol. The molecule has 102 valence electrons. The fourth-order valence-electron chi connectivity index (χ4n) is 2.66. The van der Waals surface area contributed by atoms with E-state index in [1.54, 1.807) is 0 Å². The highest BCUT2D eigenvalue weighted by Crippen LogP contribution is 2.35. The average Bonchev–Trinajstić information content (AvgIpc) is 2.36. The maximum absolute atomic E-state index is 5.77. The minimum absolute atomic E-state index is 0.381. The minimum Gasteiger partial charge on any atom is -0.323 e. The summed E-state index contributed by atoms with van der Waals surface area (Å²) in [5.41, 5.74) is 8.39. The van der Waals surface area contributed by atoms with Gasteiger partial charge >= 0.3 is 0 Å². The van der Waals surface area contributed by atoms with E-state index < -0.39 is 0 Å². The molecular formula is C15H20BrN3. The molecule has 0 atom stereocenters. The summed E-state index contributed by atoms with van der Waals surface area (Å²) >= 11 is 3.57. The number of nitrogens with zero attached hydrogens (tertiary/aromatic N) is 1. The van der Waals surface area contributed by atoms with Crippen molar-refractivity contribution in [3.05, 3.63) is 33.4 Å². The first-order chi connectivity index (χ1) is 8.99. The van der Waals surface area contributed by atoms with Crippen molar-refractivity contribution in [1.82, 2.24) is 4.98 Å². The van der Waals surface area contributed by atoms with E-state index >= 15 is 0 Å². The molecule has 1 heterocycles. The zero-order valence-electron chi connectivity index (χ0n) is 11.8. The number of nitrogen functional groups attached to an aromatic ring is 1. The molecule has 0 aliphatic carbocycles. The van der Waals surface area contributed by atoms with Gasteiger partial charge in [0, 0.05) is 21.1 Å². The molecule has 0 unspecified atom stereocenters. The molecule has 0 aliphatic rings. The van der Waals surface area contributed by atoms with E-state index in [0.717, 1.165) is 33.2 Å². The van der Waals surface area contributed by atoms with Crippen molar-refractivity contribution < 1.29 is 0 Å². The maximum atomic E-state index is 5.77. The van der Waals surface area contributed by atoms with Crippen LogP contribution in [-0.4, -0.2) is 4.98 Å². The van der Waals surface area contributed by atoms with Gasteiger partial charge in [0.2, 0.25) is 0 Å². The predicted molar refractivity (Wildman–Crippen MR) is 85.5 cm³/mol. The Balaban J connectivity index is 2.93. The summed E-state index contributed by atoms with van der Waals surface area (Å²) in [5.74, 6) is 6.15. The number of benzene rings is 1. The van der Waals surface area contributed by atoms with Crippen molar-refractivity contribution in [2.24, 2.45) is 5.84 Å². The number of aromatic nitrogens is 1. The molecule has 3 N–H and O–H groups in total. The van der Waals surface area contributed by atoms with Gasteiger partial charge in [-0.3, -0.25) is 10.8 Å². The summed E-state index contributed by atoms with van der Waals surface area (Å²) in [6, 6.07) is 4.21. The van der Waals surface area contributed by atoms with Crippen molar-refractivity contribution in [3.63, 3.8) is 0 Å². The lowest BCUT2D eigenvalue weighted by atomic mass is 9.95. The van der Waals surface area contributed by atoms with Crippen LogP contribution in [-0.2, 0) is 6.42 Å². The summed E-state index contributed by atoms with van der Waals surface area (Å²) in [5, 5.41) is 1.09. The first kappa shape index (κ1) is 14.3. The molecule has 0 fully saturated rings. The molecule has 0 saturated heterocycles. The van der Waals surface area contributed by atoms with E-state index in [1.165, 1.54) is 11.1 Å². The molecule has 0 spiro atoms. The van der Waals surface area contributed by atoms with Crippen molar-refractivity contribution in [2.45, 2.75) is 40.0 Å². The van der Waals surface area contributed by atoms with E-state index in [9.17, 15) is 0 Å². The second kappa shape index (κ2) is 5.47. The van der Waals surface area contributed by atoms with Crippen LogP contribution in [0.5, 0.6) is 0 Å². The monoisotopic (exact) mass is 321 g/mol. The van der Waals surface area contributed by atoms with E-state index in [4.69, 9.17) is 10.8 Å². The number of aryl methyl sites for hydroxylation is 2. The molecule has 0 amide bonds. The summed E-state index contributed by atoms with van der Waals surface area (Å²) in [7, 11) is 0. The molecule has 2 rings (SSSR count). The quantitative estimate of drug-likeness (QED) is 0.655. The van der Waals surface area contributed by atoms with Crippen molar-refractivity contribution in [3.8, 4) is 0 Å². The van der Waals surface area contributed by atoms with E-state index in [2.05, 4.69) is 61.2 Å². The van der Waals surface area contributed by atoms with Crippen LogP contribution in [0.3, 0.4) is 0 Å². The number of hydrogen-bond acceptors (Lipinski definition) is 3. The fraction of sp³-hybridized carbons (Fsp3) is 0.400. The topological polar surface area (TPSA) is 50.9 Å². The number of rotatable bonds is 3. The smallest absolute Gasteiger partial charge is 0.0759 e. The number of nitrogens with two attached hydrogens (primary N) is 1. The first-order valence-electron chi connectivity index (χ1n) is 6.58. The van der Waals surface area contributed by atoms with Gasteiger partial charge in [0.15, 0.2) is 0 Å². The van der Waals surface area contributed by atoms with Gasteiger partial charge in [-0.2, -0.15) is 0 Å². The predicted octanol–water partition coefficient (Wildman–Crippen LogP) is 4.28. The third kappa shape index (κ3) is 2.47. The van der Waals surface area contributed by atoms with Crippen LogP contribution in [0.25, 0.3) is 10.9 Å². The molecule has 2 aromatic rings. The number of nitrogens with one attached hydrogen (secondary N) is 1. The Morgan fingerprint density at radius 2 is 2.05 bits per heavy atom. The minimum atomic E-state index is 0.381. The van der Waals surface area contributed by atoms with Crippen molar-refractivity contribution in [2.75, 3.05) is 5.43 Å². The highest BCUT2D eigenvalue weighted by atomic mass is 79.9. The Labute approximate surface area is 122 Å². The van der Waals surface area contributed by atoms with E-state index in [0.29, 0.717) is 5.92 Å². The first-order valence-corrected chi connectivity index (χ1v) is 7.38. The highest BCUT2D eigenvalue weighted by molar-refractivity contribution is 9.10. The Bertz CT molecular complexity index is 621. The SMILES string of the molecule is CCc1cc(Br)cc2c(NN)c(C(C)C)c(C)nc12. The molecule has 0 aliphatic heterocycles. The lowest BCUT2D eigenvalue weighted by molar-refractivity contribution is 0.848. The number of anilines is 1. The van der Waals surface area contributed by atoms with Crippen LogP contribution < -0.4 is 11.3 Å². The number of hydrogen-bond donors (Lipinski definition) is 2. The third-order valence-corrected chi connectivity index (χ3v) is 3.92. The van der Waals surface area contributed by atoms with Crippen LogP contribution in [0.1, 0.15) is 43.5 Å². The lowest BCUT2D eigenvalue weighted by Gasteiger charge is -2.19. The second-order valence-corrected chi connectivity index (χ2v) is 6.02. The molecule has 3 nitrogen and oxygen atoms in total. The van der Waals surface area contributed by atoms with Gasteiger partial charge in [0.05, 0.1) is 11.2 Å². The Kier molecular flexibility index (Phi) is 4.11. The van der Waals surface area contributed by atoms with E-state index in [-0.39, 0.29) is 0 Å². The molecule has 19 heavy (non-hydrogen) atoms. The number of pyridine rings is 1. The van der Waals surface area contributed by atoms with Gasteiger partial charge in [0.25, 0.3) is 0 Å². The number of halogens is 1. The fourth-order valence-corrected chi connectivity index (χ4v) is 3.17. The van der Waals surface area contributed by atoms with Crippen molar-refractivity contribution in [1.29, 1.82) is 0 Å². The molecule has 1 aromatic heterocycles. The number of hydrazine groups is 1. The van der Waals surface area contributed by atoms with Crippen LogP contribution in [0.15, 0.2) is 16.6 Å². The summed E-state index contributed by atoms with van der Waals surface area (Å²) in [6.07, 6.45) is 0.952. The van der Waals surface area contributed by atoms with Gasteiger partial charge in [-0.15, -0.1) is 0 Å². The summed E-state index contributed by atoms with van der Waals surface area (Å²) < 4.78 is 1.06. The van der Waals surface area contributed by atoms with Crippen molar-refractivity contribution >= 4 is 32.5 Å². The van der Waals surface area contributed by atoms with Gasteiger partial charge < -0.3 is 5.43 Å². The van der Waals surface area contributed by atoms with Crippen LogP contribution in [0, 0.1) is 6.92 Å². The highest BCUT2D eigenvalue weighted by Gasteiger charge is 2.16.